The molecule has 2 aromatic rings. The molecule has 0 bridgehead atoms. The second kappa shape index (κ2) is 6.77. The lowest BCUT2D eigenvalue weighted by Crippen LogP contribution is -2.32. The maximum Gasteiger partial charge on any atom is 0.222 e. The first kappa shape index (κ1) is 15.5. The van der Waals surface area contributed by atoms with Crippen molar-refractivity contribution in [2.75, 3.05) is 18.4 Å². The van der Waals surface area contributed by atoms with Crippen LogP contribution in [0.1, 0.15) is 30.2 Å². The molecule has 0 radical (unpaired) electrons. The van der Waals surface area contributed by atoms with Crippen molar-refractivity contribution in [3.63, 3.8) is 0 Å². The van der Waals surface area contributed by atoms with Gasteiger partial charge in [0.05, 0.1) is 5.69 Å². The molecule has 0 saturated carbocycles. The molecular weight excluding hydrogens is 288 g/mol. The summed E-state index contributed by atoms with van der Waals surface area (Å²) in [5.74, 6) is 1.06. The Kier molecular flexibility index (Phi) is 4.55. The van der Waals surface area contributed by atoms with Crippen LogP contribution in [0.4, 0.5) is 11.5 Å². The van der Waals surface area contributed by atoms with E-state index in [4.69, 9.17) is 0 Å². The number of hydrogen-bond donors (Lipinski definition) is 1. The average Bonchev–Trinajstić information content (AvgIpc) is 2.80. The Morgan fingerprint density at radius 2 is 1.91 bits per heavy atom. The molecule has 0 fully saturated rings. The van der Waals surface area contributed by atoms with E-state index in [-0.39, 0.29) is 5.91 Å². The summed E-state index contributed by atoms with van der Waals surface area (Å²) in [5, 5.41) is 3.39. The van der Waals surface area contributed by atoms with Crippen LogP contribution in [0, 0.1) is 6.92 Å². The molecule has 120 valence electrons. The van der Waals surface area contributed by atoms with Crippen LogP contribution >= 0.6 is 0 Å². The van der Waals surface area contributed by atoms with E-state index in [0.717, 1.165) is 48.7 Å². The van der Waals surface area contributed by atoms with Crippen molar-refractivity contribution in [2.24, 2.45) is 0 Å². The van der Waals surface area contributed by atoms with Crippen molar-refractivity contribution in [2.45, 2.75) is 33.1 Å². The zero-order valence-corrected chi connectivity index (χ0v) is 13.7. The zero-order valence-electron chi connectivity index (χ0n) is 13.7. The number of carbonyl (C=O) groups excluding carboxylic acids is 1. The second-order valence-electron chi connectivity index (χ2n) is 5.87. The fourth-order valence-corrected chi connectivity index (χ4v) is 2.88. The Labute approximate surface area is 136 Å². The predicted molar refractivity (Wildman–Crippen MR) is 90.8 cm³/mol. The SMILES string of the molecule is CCC(=O)N1CCc2ncnc(Nc3ccc(C)cc3)c2CC1. The Morgan fingerprint density at radius 1 is 1.17 bits per heavy atom. The number of aryl methyl sites for hydroxylation is 1. The van der Waals surface area contributed by atoms with Gasteiger partial charge in [0, 0.05) is 37.2 Å². The maximum atomic E-state index is 12.0. The number of nitrogens with one attached hydrogen (secondary N) is 1. The lowest BCUT2D eigenvalue weighted by atomic mass is 10.1. The molecule has 0 unspecified atom stereocenters. The van der Waals surface area contributed by atoms with E-state index in [0.29, 0.717) is 6.42 Å². The number of fused-ring (bicyclic) bond motifs is 1. The lowest BCUT2D eigenvalue weighted by molar-refractivity contribution is -0.130. The second-order valence-corrected chi connectivity index (χ2v) is 5.87. The molecule has 1 aromatic carbocycles. The van der Waals surface area contributed by atoms with Crippen molar-refractivity contribution in [3.8, 4) is 0 Å². The lowest BCUT2D eigenvalue weighted by Gasteiger charge is -2.19. The topological polar surface area (TPSA) is 58.1 Å². The largest absolute Gasteiger partial charge is 0.342 e. The quantitative estimate of drug-likeness (QED) is 0.947. The molecule has 1 aliphatic rings. The molecule has 0 saturated heterocycles. The van der Waals surface area contributed by atoms with E-state index in [9.17, 15) is 4.79 Å². The van der Waals surface area contributed by atoms with Gasteiger partial charge in [0.25, 0.3) is 0 Å². The number of carbonyl (C=O) groups is 1. The summed E-state index contributed by atoms with van der Waals surface area (Å²) < 4.78 is 0. The fraction of sp³-hybridized carbons (Fsp3) is 0.389. The number of nitrogens with zero attached hydrogens (tertiary/aromatic N) is 3. The van der Waals surface area contributed by atoms with Gasteiger partial charge in [0.1, 0.15) is 12.1 Å². The van der Waals surface area contributed by atoms with E-state index in [1.165, 1.54) is 5.56 Å². The Hall–Kier alpha value is -2.43. The first-order chi connectivity index (χ1) is 11.2. The average molecular weight is 310 g/mol. The normalized spacial score (nSPS) is 14.1. The van der Waals surface area contributed by atoms with Crippen LogP contribution in [0.2, 0.25) is 0 Å². The van der Waals surface area contributed by atoms with Crippen LogP contribution in [0.15, 0.2) is 30.6 Å². The van der Waals surface area contributed by atoms with Gasteiger partial charge in [0.2, 0.25) is 5.91 Å². The van der Waals surface area contributed by atoms with Crippen LogP contribution in [0.25, 0.3) is 0 Å². The van der Waals surface area contributed by atoms with Gasteiger partial charge < -0.3 is 10.2 Å². The number of benzene rings is 1. The molecule has 3 rings (SSSR count). The Morgan fingerprint density at radius 3 is 2.65 bits per heavy atom. The van der Waals surface area contributed by atoms with Crippen molar-refractivity contribution >= 4 is 17.4 Å². The van der Waals surface area contributed by atoms with Crippen LogP contribution in [-0.4, -0.2) is 33.9 Å². The van der Waals surface area contributed by atoms with Crippen LogP contribution in [0.5, 0.6) is 0 Å². The molecule has 23 heavy (non-hydrogen) atoms. The van der Waals surface area contributed by atoms with Gasteiger partial charge in [-0.25, -0.2) is 9.97 Å². The molecule has 1 amide bonds. The number of aromatic nitrogens is 2. The molecule has 1 N–H and O–H groups in total. The summed E-state index contributed by atoms with van der Waals surface area (Å²) in [4.78, 5) is 22.7. The van der Waals surface area contributed by atoms with E-state index < -0.39 is 0 Å². The molecule has 5 nitrogen and oxygen atoms in total. The summed E-state index contributed by atoms with van der Waals surface area (Å²) in [5.41, 5.74) is 4.41. The van der Waals surface area contributed by atoms with Crippen LogP contribution in [-0.2, 0) is 17.6 Å². The first-order valence-corrected chi connectivity index (χ1v) is 8.11. The van der Waals surface area contributed by atoms with Crippen molar-refractivity contribution < 1.29 is 4.79 Å². The van der Waals surface area contributed by atoms with Gasteiger partial charge >= 0.3 is 0 Å². The molecule has 2 heterocycles. The molecule has 0 atom stereocenters. The van der Waals surface area contributed by atoms with Gasteiger partial charge in [-0.15, -0.1) is 0 Å². The Bertz CT molecular complexity index is 697. The van der Waals surface area contributed by atoms with E-state index in [2.05, 4.69) is 34.3 Å². The minimum Gasteiger partial charge on any atom is -0.342 e. The highest BCUT2D eigenvalue weighted by Crippen LogP contribution is 2.24. The third-order valence-corrected chi connectivity index (χ3v) is 4.25. The van der Waals surface area contributed by atoms with Crippen molar-refractivity contribution in [1.82, 2.24) is 14.9 Å². The molecule has 5 heteroatoms. The van der Waals surface area contributed by atoms with Crippen molar-refractivity contribution in [3.05, 3.63) is 47.4 Å². The highest BCUT2D eigenvalue weighted by atomic mass is 16.2. The summed E-state index contributed by atoms with van der Waals surface area (Å²) in [7, 11) is 0. The standard InChI is InChI=1S/C18H22N4O/c1-3-17(23)22-10-8-15-16(9-11-22)19-12-20-18(15)21-14-6-4-13(2)5-7-14/h4-7,12H,3,8-11H2,1-2H3,(H,19,20,21). The fourth-order valence-electron chi connectivity index (χ4n) is 2.88. The van der Waals surface area contributed by atoms with Crippen molar-refractivity contribution in [1.29, 1.82) is 0 Å². The number of amides is 1. The monoisotopic (exact) mass is 310 g/mol. The highest BCUT2D eigenvalue weighted by Gasteiger charge is 2.20. The molecular formula is C18H22N4O. The number of anilines is 2. The number of hydrogen-bond acceptors (Lipinski definition) is 4. The highest BCUT2D eigenvalue weighted by molar-refractivity contribution is 5.76. The molecule has 0 spiro atoms. The summed E-state index contributed by atoms with van der Waals surface area (Å²) in [6, 6.07) is 8.24. The van der Waals surface area contributed by atoms with Gasteiger partial charge in [0.15, 0.2) is 0 Å². The molecule has 1 aromatic heterocycles. The van der Waals surface area contributed by atoms with Gasteiger partial charge in [-0.3, -0.25) is 4.79 Å². The van der Waals surface area contributed by atoms with E-state index in [1.807, 2.05) is 24.0 Å². The van der Waals surface area contributed by atoms with E-state index >= 15 is 0 Å². The minimum absolute atomic E-state index is 0.207. The first-order valence-electron chi connectivity index (χ1n) is 8.11. The maximum absolute atomic E-state index is 12.0. The zero-order chi connectivity index (χ0) is 16.2. The van der Waals surface area contributed by atoms with Gasteiger partial charge in [-0.1, -0.05) is 24.6 Å². The number of rotatable bonds is 3. The van der Waals surface area contributed by atoms with Gasteiger partial charge in [-0.05, 0) is 25.5 Å². The van der Waals surface area contributed by atoms with Gasteiger partial charge in [-0.2, -0.15) is 0 Å². The third kappa shape index (κ3) is 3.50. The summed E-state index contributed by atoms with van der Waals surface area (Å²) >= 11 is 0. The predicted octanol–water partition coefficient (Wildman–Crippen LogP) is 2.87. The van der Waals surface area contributed by atoms with E-state index in [1.54, 1.807) is 6.33 Å². The minimum atomic E-state index is 0.207. The smallest absolute Gasteiger partial charge is 0.222 e. The van der Waals surface area contributed by atoms with Crippen LogP contribution in [0.3, 0.4) is 0 Å². The molecule has 1 aliphatic heterocycles. The molecule has 0 aliphatic carbocycles. The summed E-state index contributed by atoms with van der Waals surface area (Å²) in [6.45, 7) is 5.45. The Balaban J connectivity index is 1.82. The van der Waals surface area contributed by atoms with Crippen LogP contribution < -0.4 is 5.32 Å². The third-order valence-electron chi connectivity index (χ3n) is 4.25. The summed E-state index contributed by atoms with van der Waals surface area (Å²) in [6.07, 6.45) is 3.73.